The van der Waals surface area contributed by atoms with Gasteiger partial charge in [0.25, 0.3) is 0 Å². The van der Waals surface area contributed by atoms with Gasteiger partial charge in [-0.25, -0.2) is 4.79 Å². The van der Waals surface area contributed by atoms with Gasteiger partial charge >= 0.3 is 6.03 Å². The van der Waals surface area contributed by atoms with Gasteiger partial charge in [0, 0.05) is 23.7 Å². The van der Waals surface area contributed by atoms with Crippen LogP contribution in [0.15, 0.2) is 53.4 Å². The van der Waals surface area contributed by atoms with Crippen LogP contribution < -0.4 is 21.1 Å². The molecule has 4 N–H and O–H groups in total. The van der Waals surface area contributed by atoms with E-state index < -0.39 is 0 Å². The highest BCUT2D eigenvalue weighted by Gasteiger charge is 2.06. The lowest BCUT2D eigenvalue weighted by Gasteiger charge is -2.11. The second-order valence-electron chi connectivity index (χ2n) is 4.80. The Morgan fingerprint density at radius 1 is 1.17 bits per heavy atom. The van der Waals surface area contributed by atoms with E-state index in [1.54, 1.807) is 18.9 Å². The molecule has 0 aliphatic rings. The van der Waals surface area contributed by atoms with Crippen LogP contribution in [-0.2, 0) is 5.75 Å². The first-order valence-corrected chi connectivity index (χ1v) is 8.31. The van der Waals surface area contributed by atoms with E-state index in [2.05, 4.69) is 10.6 Å². The number of ether oxygens (including phenoxy) is 1. The number of hydrogen-bond donors (Lipinski definition) is 3. The highest BCUT2D eigenvalue weighted by atomic mass is 32.2. The van der Waals surface area contributed by atoms with Crippen molar-refractivity contribution in [2.24, 2.45) is 5.73 Å². The molecule has 0 bridgehead atoms. The van der Waals surface area contributed by atoms with Gasteiger partial charge in [-0.3, -0.25) is 0 Å². The van der Waals surface area contributed by atoms with Crippen LogP contribution >= 0.6 is 11.8 Å². The fourth-order valence-corrected chi connectivity index (χ4v) is 2.89. The molecule has 0 unspecified atom stereocenters. The van der Waals surface area contributed by atoms with E-state index in [9.17, 15) is 4.79 Å². The molecule has 2 rings (SSSR count). The summed E-state index contributed by atoms with van der Waals surface area (Å²) in [6.07, 6.45) is 0. The van der Waals surface area contributed by atoms with E-state index in [-0.39, 0.29) is 6.03 Å². The summed E-state index contributed by atoms with van der Waals surface area (Å²) in [6, 6.07) is 15.5. The number of rotatable bonds is 7. The van der Waals surface area contributed by atoms with Crippen LogP contribution in [-0.4, -0.2) is 26.2 Å². The van der Waals surface area contributed by atoms with E-state index in [0.29, 0.717) is 13.1 Å². The van der Waals surface area contributed by atoms with Gasteiger partial charge in [0.1, 0.15) is 5.75 Å². The number of carbonyl (C=O) groups is 1. The number of nitrogens with one attached hydrogen (secondary N) is 2. The highest BCUT2D eigenvalue weighted by molar-refractivity contribution is 7.98. The Morgan fingerprint density at radius 2 is 1.91 bits per heavy atom. The normalized spacial score (nSPS) is 10.2. The Balaban J connectivity index is 1.97. The molecule has 122 valence electrons. The Morgan fingerprint density at radius 3 is 2.61 bits per heavy atom. The van der Waals surface area contributed by atoms with Gasteiger partial charge in [-0.15, -0.1) is 11.8 Å². The lowest BCUT2D eigenvalue weighted by Crippen LogP contribution is -2.32. The standard InChI is InChI=1S/C17H21N3O2S/c1-22-14-8-6-13(7-9-14)12-23-16-5-3-2-4-15(16)20-17(21)19-11-10-18/h2-9H,10-12,18H2,1H3,(H2,19,20,21). The first-order chi connectivity index (χ1) is 11.2. The van der Waals surface area contributed by atoms with Crippen LogP contribution in [0.1, 0.15) is 5.56 Å². The quantitative estimate of drug-likeness (QED) is 0.682. The Labute approximate surface area is 140 Å². The number of nitrogens with two attached hydrogens (primary N) is 1. The van der Waals surface area contributed by atoms with Crippen molar-refractivity contribution in [2.45, 2.75) is 10.6 Å². The fourth-order valence-electron chi connectivity index (χ4n) is 1.93. The summed E-state index contributed by atoms with van der Waals surface area (Å²) in [6.45, 7) is 0.869. The van der Waals surface area contributed by atoms with Crippen LogP contribution in [0, 0.1) is 0 Å². The summed E-state index contributed by atoms with van der Waals surface area (Å²) < 4.78 is 5.16. The van der Waals surface area contributed by atoms with Crippen LogP contribution in [0.3, 0.4) is 0 Å². The number of amides is 2. The number of para-hydroxylation sites is 1. The number of benzene rings is 2. The van der Waals surface area contributed by atoms with Crippen molar-refractivity contribution in [3.63, 3.8) is 0 Å². The molecule has 0 aromatic heterocycles. The molecule has 23 heavy (non-hydrogen) atoms. The Hall–Kier alpha value is -2.18. The number of thioether (sulfide) groups is 1. The van der Waals surface area contributed by atoms with Crippen molar-refractivity contribution in [1.29, 1.82) is 0 Å². The number of urea groups is 1. The smallest absolute Gasteiger partial charge is 0.319 e. The van der Waals surface area contributed by atoms with Crippen LogP contribution in [0.4, 0.5) is 10.5 Å². The van der Waals surface area contributed by atoms with Crippen molar-refractivity contribution >= 4 is 23.5 Å². The minimum atomic E-state index is -0.243. The molecule has 2 aromatic carbocycles. The third-order valence-electron chi connectivity index (χ3n) is 3.12. The lowest BCUT2D eigenvalue weighted by molar-refractivity contribution is 0.252. The molecular weight excluding hydrogens is 310 g/mol. The van der Waals surface area contributed by atoms with E-state index in [4.69, 9.17) is 10.5 Å². The largest absolute Gasteiger partial charge is 0.497 e. The topological polar surface area (TPSA) is 76.4 Å². The molecule has 6 heteroatoms. The molecule has 0 aliphatic heterocycles. The highest BCUT2D eigenvalue weighted by Crippen LogP contribution is 2.30. The van der Waals surface area contributed by atoms with Gasteiger partial charge in [0.2, 0.25) is 0 Å². The van der Waals surface area contributed by atoms with Crippen molar-refractivity contribution < 1.29 is 9.53 Å². The lowest BCUT2D eigenvalue weighted by atomic mass is 10.2. The maximum absolute atomic E-state index is 11.8. The number of anilines is 1. The zero-order chi connectivity index (χ0) is 16.5. The Kier molecular flexibility index (Phi) is 6.77. The van der Waals surface area contributed by atoms with Crippen molar-refractivity contribution in [2.75, 3.05) is 25.5 Å². The van der Waals surface area contributed by atoms with Crippen LogP contribution in [0.2, 0.25) is 0 Å². The molecule has 0 heterocycles. The SMILES string of the molecule is COc1ccc(CSc2ccccc2NC(=O)NCCN)cc1. The van der Waals surface area contributed by atoms with Gasteiger partial charge in [0.15, 0.2) is 0 Å². The molecule has 0 aliphatic carbocycles. The van der Waals surface area contributed by atoms with Crippen LogP contribution in [0.25, 0.3) is 0 Å². The third-order valence-corrected chi connectivity index (χ3v) is 4.26. The molecule has 0 atom stereocenters. The molecule has 0 fully saturated rings. The second-order valence-corrected chi connectivity index (χ2v) is 5.82. The van der Waals surface area contributed by atoms with E-state index >= 15 is 0 Å². The molecule has 0 radical (unpaired) electrons. The molecule has 2 amide bonds. The number of methoxy groups -OCH3 is 1. The average molecular weight is 331 g/mol. The minimum Gasteiger partial charge on any atom is -0.497 e. The van der Waals surface area contributed by atoms with Gasteiger partial charge < -0.3 is 21.1 Å². The molecule has 0 spiro atoms. The first-order valence-electron chi connectivity index (χ1n) is 7.32. The van der Waals surface area contributed by atoms with Gasteiger partial charge in [-0.05, 0) is 29.8 Å². The number of hydrogen-bond acceptors (Lipinski definition) is 4. The summed E-state index contributed by atoms with van der Waals surface area (Å²) >= 11 is 1.67. The maximum Gasteiger partial charge on any atom is 0.319 e. The van der Waals surface area contributed by atoms with Crippen molar-refractivity contribution in [3.05, 3.63) is 54.1 Å². The van der Waals surface area contributed by atoms with E-state index in [0.717, 1.165) is 22.1 Å². The first kappa shape index (κ1) is 17.2. The van der Waals surface area contributed by atoms with Crippen molar-refractivity contribution in [3.8, 4) is 5.75 Å². The van der Waals surface area contributed by atoms with Crippen molar-refractivity contribution in [1.82, 2.24) is 5.32 Å². The molecule has 0 saturated carbocycles. The predicted molar refractivity (Wildman–Crippen MR) is 95.1 cm³/mol. The summed E-state index contributed by atoms with van der Waals surface area (Å²) in [7, 11) is 1.65. The molecule has 2 aromatic rings. The zero-order valence-corrected chi connectivity index (χ0v) is 13.9. The monoisotopic (exact) mass is 331 g/mol. The summed E-state index contributed by atoms with van der Waals surface area (Å²) in [5.74, 6) is 1.66. The van der Waals surface area contributed by atoms with Gasteiger partial charge in [-0.2, -0.15) is 0 Å². The summed E-state index contributed by atoms with van der Waals surface area (Å²) in [5.41, 5.74) is 7.36. The van der Waals surface area contributed by atoms with Gasteiger partial charge in [-0.1, -0.05) is 24.3 Å². The van der Waals surface area contributed by atoms with E-state index in [1.807, 2.05) is 48.5 Å². The molecular formula is C17H21N3O2S. The zero-order valence-electron chi connectivity index (χ0n) is 13.0. The number of carbonyl (C=O) groups excluding carboxylic acids is 1. The van der Waals surface area contributed by atoms with Gasteiger partial charge in [0.05, 0.1) is 12.8 Å². The fraction of sp³-hybridized carbons (Fsp3) is 0.235. The second kappa shape index (κ2) is 9.07. The predicted octanol–water partition coefficient (Wildman–Crippen LogP) is 3.07. The molecule has 0 saturated heterocycles. The molecule has 5 nitrogen and oxygen atoms in total. The van der Waals surface area contributed by atoms with E-state index in [1.165, 1.54) is 5.56 Å². The average Bonchev–Trinajstić information content (AvgIpc) is 2.59. The maximum atomic E-state index is 11.8. The summed E-state index contributed by atoms with van der Waals surface area (Å²) in [4.78, 5) is 12.8. The Bertz CT molecular complexity index is 632. The minimum absolute atomic E-state index is 0.243. The van der Waals surface area contributed by atoms with Crippen LogP contribution in [0.5, 0.6) is 5.75 Å². The summed E-state index contributed by atoms with van der Waals surface area (Å²) in [5, 5.41) is 5.55. The third kappa shape index (κ3) is 5.50.